The van der Waals surface area contributed by atoms with Crippen molar-refractivity contribution in [2.75, 3.05) is 20.3 Å². The number of carbonyl (C=O) groups excluding carboxylic acids is 1. The van der Waals surface area contributed by atoms with Crippen LogP contribution in [-0.4, -0.2) is 41.3 Å². The van der Waals surface area contributed by atoms with E-state index in [0.29, 0.717) is 29.9 Å². The van der Waals surface area contributed by atoms with E-state index in [9.17, 15) is 4.79 Å². The highest BCUT2D eigenvalue weighted by Gasteiger charge is 2.35. The van der Waals surface area contributed by atoms with E-state index in [4.69, 9.17) is 20.9 Å². The lowest BCUT2D eigenvalue weighted by Crippen LogP contribution is -2.47. The van der Waals surface area contributed by atoms with Crippen LogP contribution in [0.5, 0.6) is 0 Å². The molecule has 1 aromatic heterocycles. The van der Waals surface area contributed by atoms with Crippen molar-refractivity contribution < 1.29 is 14.1 Å². The van der Waals surface area contributed by atoms with Crippen molar-refractivity contribution in [3.05, 3.63) is 76.8 Å². The molecule has 2 amide bonds. The predicted molar refractivity (Wildman–Crippen MR) is 114 cm³/mol. The van der Waals surface area contributed by atoms with Crippen LogP contribution in [0.2, 0.25) is 5.02 Å². The molecule has 154 valence electrons. The van der Waals surface area contributed by atoms with Crippen LogP contribution in [0.4, 0.5) is 4.79 Å². The number of hydrogen-bond acceptors (Lipinski definition) is 5. The molecule has 0 radical (unpaired) electrons. The number of methoxy groups -OCH3 is 1. The Bertz CT molecular complexity index is 1060. The first-order valence-electron chi connectivity index (χ1n) is 9.51. The highest BCUT2D eigenvalue weighted by Crippen LogP contribution is 2.37. The Kier molecular flexibility index (Phi) is 5.83. The molecule has 0 bridgehead atoms. The average Bonchev–Trinajstić information content (AvgIpc) is 3.24. The van der Waals surface area contributed by atoms with Gasteiger partial charge in [-0.1, -0.05) is 59.2 Å². The Morgan fingerprint density at radius 2 is 1.90 bits per heavy atom. The number of benzene rings is 2. The van der Waals surface area contributed by atoms with Crippen molar-refractivity contribution in [3.63, 3.8) is 0 Å². The number of aromatic nitrogens is 2. The Morgan fingerprint density at radius 1 is 1.17 bits per heavy atom. The molecule has 3 aromatic rings. The molecule has 8 heteroatoms. The van der Waals surface area contributed by atoms with Crippen LogP contribution in [0, 0.1) is 0 Å². The highest BCUT2D eigenvalue weighted by atomic mass is 35.5. The summed E-state index contributed by atoms with van der Waals surface area (Å²) in [5.74, 6) is 0.842. The van der Waals surface area contributed by atoms with Gasteiger partial charge in [-0.25, -0.2) is 4.79 Å². The van der Waals surface area contributed by atoms with Gasteiger partial charge in [-0.2, -0.15) is 4.98 Å². The molecule has 7 nitrogen and oxygen atoms in total. The molecule has 4 rings (SSSR count). The minimum atomic E-state index is -0.447. The summed E-state index contributed by atoms with van der Waals surface area (Å²) >= 11 is 6.05. The topological polar surface area (TPSA) is 80.5 Å². The monoisotopic (exact) mass is 424 g/mol. The molecule has 30 heavy (non-hydrogen) atoms. The number of urea groups is 1. The minimum absolute atomic E-state index is 0.212. The highest BCUT2D eigenvalue weighted by molar-refractivity contribution is 6.30. The van der Waals surface area contributed by atoms with Crippen LogP contribution in [-0.2, 0) is 4.74 Å². The summed E-state index contributed by atoms with van der Waals surface area (Å²) in [5, 5.41) is 7.81. The first-order chi connectivity index (χ1) is 14.6. The molecule has 0 saturated carbocycles. The molecule has 0 saturated heterocycles. The van der Waals surface area contributed by atoms with Gasteiger partial charge in [0, 0.05) is 23.4 Å². The predicted octanol–water partition coefficient (Wildman–Crippen LogP) is 4.53. The van der Waals surface area contributed by atoms with Crippen molar-refractivity contribution in [1.82, 2.24) is 20.4 Å². The van der Waals surface area contributed by atoms with Gasteiger partial charge in [0.2, 0.25) is 5.82 Å². The number of hydrogen-bond donors (Lipinski definition) is 1. The number of rotatable bonds is 6. The number of nitrogens with one attached hydrogen (secondary N) is 1. The van der Waals surface area contributed by atoms with Gasteiger partial charge in [-0.15, -0.1) is 0 Å². The van der Waals surface area contributed by atoms with Gasteiger partial charge in [0.05, 0.1) is 24.8 Å². The molecule has 0 fully saturated rings. The second kappa shape index (κ2) is 8.69. The third-order valence-electron chi connectivity index (χ3n) is 5.01. The van der Waals surface area contributed by atoms with E-state index in [0.717, 1.165) is 22.4 Å². The Labute approximate surface area is 179 Å². The second-order valence-corrected chi connectivity index (χ2v) is 7.30. The van der Waals surface area contributed by atoms with Crippen LogP contribution in [0.15, 0.2) is 64.8 Å². The van der Waals surface area contributed by atoms with Gasteiger partial charge in [-0.05, 0) is 24.6 Å². The van der Waals surface area contributed by atoms with Crippen LogP contribution in [0.1, 0.15) is 24.4 Å². The molecule has 1 atom stereocenters. The largest absolute Gasteiger partial charge is 0.383 e. The fraction of sp³-hybridized carbons (Fsp3) is 0.227. The Balaban J connectivity index is 1.79. The zero-order chi connectivity index (χ0) is 21.1. The van der Waals surface area contributed by atoms with Gasteiger partial charge in [0.15, 0.2) is 0 Å². The first kappa shape index (κ1) is 20.1. The van der Waals surface area contributed by atoms with Crippen molar-refractivity contribution in [1.29, 1.82) is 0 Å². The summed E-state index contributed by atoms with van der Waals surface area (Å²) in [6.07, 6.45) is 0. The normalized spacial score (nSPS) is 16.7. The standard InChI is InChI=1S/C22H21ClN4O3/c1-14-18(21-25-20(26-30-21)16-6-4-3-5-7-16)19(15-8-10-17(23)11-9-15)24-22(28)27(14)12-13-29-2/h3-11,19H,12-13H2,1-2H3,(H,24,28). The van der Waals surface area contributed by atoms with E-state index in [1.165, 1.54) is 0 Å². The van der Waals surface area contributed by atoms with E-state index in [1.807, 2.05) is 49.4 Å². The number of allylic oxidation sites excluding steroid dienone is 1. The lowest BCUT2D eigenvalue weighted by Gasteiger charge is -2.35. The number of nitrogens with zero attached hydrogens (tertiary/aromatic N) is 3. The van der Waals surface area contributed by atoms with Gasteiger partial charge in [0.25, 0.3) is 5.89 Å². The van der Waals surface area contributed by atoms with E-state index in [1.54, 1.807) is 24.1 Å². The second-order valence-electron chi connectivity index (χ2n) is 6.87. The summed E-state index contributed by atoms with van der Waals surface area (Å²) in [6, 6.07) is 16.3. The summed E-state index contributed by atoms with van der Waals surface area (Å²) < 4.78 is 10.8. The van der Waals surface area contributed by atoms with Gasteiger partial charge < -0.3 is 14.6 Å². The lowest BCUT2D eigenvalue weighted by molar-refractivity contribution is 0.158. The van der Waals surface area contributed by atoms with E-state index in [-0.39, 0.29) is 6.03 Å². The maximum absolute atomic E-state index is 12.8. The van der Waals surface area contributed by atoms with Crippen molar-refractivity contribution >= 4 is 23.2 Å². The molecule has 1 aliphatic heterocycles. The quantitative estimate of drug-likeness (QED) is 0.628. The molecule has 2 aromatic carbocycles. The molecule has 0 spiro atoms. The SMILES string of the molecule is COCCN1C(=O)NC(c2ccc(Cl)cc2)C(c2nc(-c3ccccc3)no2)=C1C. The fourth-order valence-electron chi connectivity index (χ4n) is 3.45. The molecule has 1 unspecified atom stereocenters. The number of halogens is 1. The van der Waals surface area contributed by atoms with Gasteiger partial charge >= 0.3 is 6.03 Å². The summed E-state index contributed by atoms with van der Waals surface area (Å²) in [5.41, 5.74) is 3.19. The summed E-state index contributed by atoms with van der Waals surface area (Å²) in [7, 11) is 1.60. The average molecular weight is 425 g/mol. The minimum Gasteiger partial charge on any atom is -0.383 e. The van der Waals surface area contributed by atoms with Crippen molar-refractivity contribution in [2.45, 2.75) is 13.0 Å². The maximum atomic E-state index is 12.8. The van der Waals surface area contributed by atoms with E-state index in [2.05, 4.69) is 15.5 Å². The molecular weight excluding hydrogens is 404 g/mol. The zero-order valence-electron chi connectivity index (χ0n) is 16.6. The van der Waals surface area contributed by atoms with Crippen LogP contribution in [0.25, 0.3) is 17.0 Å². The number of carbonyl (C=O) groups is 1. The molecule has 1 aliphatic rings. The zero-order valence-corrected chi connectivity index (χ0v) is 17.4. The van der Waals surface area contributed by atoms with Crippen molar-refractivity contribution in [3.8, 4) is 11.4 Å². The third kappa shape index (κ3) is 3.94. The maximum Gasteiger partial charge on any atom is 0.322 e. The van der Waals surface area contributed by atoms with Crippen LogP contribution in [0.3, 0.4) is 0 Å². The third-order valence-corrected chi connectivity index (χ3v) is 5.26. The Hall–Kier alpha value is -3.16. The summed E-state index contributed by atoms with van der Waals surface area (Å²) in [6.45, 7) is 2.69. The summed E-state index contributed by atoms with van der Waals surface area (Å²) in [4.78, 5) is 19.0. The van der Waals surface area contributed by atoms with E-state index >= 15 is 0 Å². The fourth-order valence-corrected chi connectivity index (χ4v) is 3.58. The first-order valence-corrected chi connectivity index (χ1v) is 9.89. The molecule has 1 N–H and O–H groups in total. The smallest absolute Gasteiger partial charge is 0.322 e. The van der Waals surface area contributed by atoms with Gasteiger partial charge in [0.1, 0.15) is 0 Å². The molecule has 2 heterocycles. The van der Waals surface area contributed by atoms with Crippen molar-refractivity contribution in [2.24, 2.45) is 0 Å². The van der Waals surface area contributed by atoms with Crippen LogP contribution < -0.4 is 5.32 Å². The molecular formula is C22H21ClN4O3. The van der Waals surface area contributed by atoms with E-state index < -0.39 is 6.04 Å². The lowest BCUT2D eigenvalue weighted by atomic mass is 9.94. The Morgan fingerprint density at radius 3 is 2.60 bits per heavy atom. The van der Waals surface area contributed by atoms with Gasteiger partial charge in [-0.3, -0.25) is 4.90 Å². The number of ether oxygens (including phenoxy) is 1. The van der Waals surface area contributed by atoms with Crippen LogP contribution >= 0.6 is 11.6 Å². The number of amides is 2. The molecule has 0 aliphatic carbocycles.